The highest BCUT2D eigenvalue weighted by Gasteiger charge is 2.08. The van der Waals surface area contributed by atoms with Gasteiger partial charge in [-0.15, -0.1) is 23.2 Å². The third kappa shape index (κ3) is 5.63. The molecule has 0 saturated heterocycles. The lowest BCUT2D eigenvalue weighted by Gasteiger charge is -2.11. The fourth-order valence-electron chi connectivity index (χ4n) is 2.22. The molecule has 126 valence electrons. The van der Waals surface area contributed by atoms with Crippen LogP contribution in [-0.2, 0) is 0 Å². The lowest BCUT2D eigenvalue weighted by molar-refractivity contribution is 0.309. The summed E-state index contributed by atoms with van der Waals surface area (Å²) in [7, 11) is 0. The molecular formula is C18H21Cl3O2. The summed E-state index contributed by atoms with van der Waals surface area (Å²) < 4.78 is 11.5. The van der Waals surface area contributed by atoms with Crippen LogP contribution >= 0.6 is 34.8 Å². The van der Waals surface area contributed by atoms with Crippen LogP contribution in [0.4, 0.5) is 0 Å². The summed E-state index contributed by atoms with van der Waals surface area (Å²) in [5, 5.41) is 2.65. The monoisotopic (exact) mass is 374 g/mol. The Morgan fingerprint density at radius 1 is 0.783 bits per heavy atom. The van der Waals surface area contributed by atoms with E-state index in [1.54, 1.807) is 0 Å². The summed E-state index contributed by atoms with van der Waals surface area (Å²) in [5.41, 5.74) is 0. The van der Waals surface area contributed by atoms with E-state index in [1.165, 1.54) is 0 Å². The van der Waals surface area contributed by atoms with Crippen molar-refractivity contribution in [1.29, 1.82) is 0 Å². The fourth-order valence-corrected chi connectivity index (χ4v) is 2.88. The number of benzene rings is 2. The van der Waals surface area contributed by atoms with Crippen molar-refractivity contribution in [2.45, 2.75) is 25.7 Å². The van der Waals surface area contributed by atoms with Crippen molar-refractivity contribution in [2.24, 2.45) is 0 Å². The number of hydrogen-bond donors (Lipinski definition) is 0. The summed E-state index contributed by atoms with van der Waals surface area (Å²) in [6, 6.07) is 9.82. The summed E-state index contributed by atoms with van der Waals surface area (Å²) >= 11 is 17.8. The molecule has 0 spiro atoms. The normalized spacial score (nSPS) is 10.9. The maximum Gasteiger partial charge on any atom is 0.138 e. The Kier molecular flexibility index (Phi) is 8.14. The Balaban J connectivity index is 2.03. The van der Waals surface area contributed by atoms with Gasteiger partial charge in [-0.3, -0.25) is 0 Å². The Bertz CT molecular complexity index is 616. The first-order chi connectivity index (χ1) is 11.3. The second-order valence-electron chi connectivity index (χ2n) is 5.25. The summed E-state index contributed by atoms with van der Waals surface area (Å²) in [4.78, 5) is 0. The van der Waals surface area contributed by atoms with E-state index in [2.05, 4.69) is 0 Å². The first-order valence-electron chi connectivity index (χ1n) is 7.86. The zero-order chi connectivity index (χ0) is 16.5. The van der Waals surface area contributed by atoms with Crippen LogP contribution in [0.25, 0.3) is 10.8 Å². The van der Waals surface area contributed by atoms with Gasteiger partial charge in [0.05, 0.1) is 18.2 Å². The SMILES string of the molecule is ClCCCCOc1ccc2c(Cl)c(OCCCCCl)ccc2c1. The van der Waals surface area contributed by atoms with Crippen LogP contribution in [0.15, 0.2) is 30.3 Å². The van der Waals surface area contributed by atoms with Crippen LogP contribution in [-0.4, -0.2) is 25.0 Å². The van der Waals surface area contributed by atoms with Gasteiger partial charge >= 0.3 is 0 Å². The lowest BCUT2D eigenvalue weighted by Crippen LogP contribution is -1.99. The molecule has 0 heterocycles. The second kappa shape index (κ2) is 10.1. The lowest BCUT2D eigenvalue weighted by atomic mass is 10.1. The van der Waals surface area contributed by atoms with Gasteiger partial charge in [-0.2, -0.15) is 0 Å². The van der Waals surface area contributed by atoms with Crippen molar-refractivity contribution in [2.75, 3.05) is 25.0 Å². The van der Waals surface area contributed by atoms with Gasteiger partial charge in [-0.1, -0.05) is 17.7 Å². The smallest absolute Gasteiger partial charge is 0.138 e. The van der Waals surface area contributed by atoms with Crippen molar-refractivity contribution in [3.05, 3.63) is 35.4 Å². The van der Waals surface area contributed by atoms with Crippen molar-refractivity contribution in [1.82, 2.24) is 0 Å². The molecule has 0 aliphatic heterocycles. The van der Waals surface area contributed by atoms with Gasteiger partial charge in [0.2, 0.25) is 0 Å². The second-order valence-corrected chi connectivity index (χ2v) is 6.38. The Morgan fingerprint density at radius 3 is 2.17 bits per heavy atom. The summed E-state index contributed by atoms with van der Waals surface area (Å²) in [5.74, 6) is 2.88. The molecule has 0 saturated carbocycles. The van der Waals surface area contributed by atoms with E-state index in [4.69, 9.17) is 44.3 Å². The number of hydrogen-bond acceptors (Lipinski definition) is 2. The highest BCUT2D eigenvalue weighted by Crippen LogP contribution is 2.34. The standard InChI is InChI=1S/C18H21Cl3O2/c19-9-1-3-11-22-15-6-7-16-14(13-15)5-8-17(18(16)21)23-12-4-2-10-20/h5-8,13H,1-4,9-12H2. The van der Waals surface area contributed by atoms with E-state index in [0.717, 1.165) is 42.2 Å². The Hall–Kier alpha value is -0.830. The Labute approximate surface area is 152 Å². The molecule has 0 unspecified atom stereocenters. The molecule has 0 amide bonds. The third-order valence-electron chi connectivity index (χ3n) is 3.47. The molecule has 0 radical (unpaired) electrons. The molecule has 2 aromatic rings. The molecule has 0 fully saturated rings. The molecule has 0 aromatic heterocycles. The number of ether oxygens (including phenoxy) is 2. The highest BCUT2D eigenvalue weighted by atomic mass is 35.5. The highest BCUT2D eigenvalue weighted by molar-refractivity contribution is 6.37. The van der Waals surface area contributed by atoms with Gasteiger partial charge in [0.15, 0.2) is 0 Å². The Morgan fingerprint density at radius 2 is 1.48 bits per heavy atom. The minimum Gasteiger partial charge on any atom is -0.494 e. The maximum absolute atomic E-state index is 6.45. The number of rotatable bonds is 10. The molecule has 2 nitrogen and oxygen atoms in total. The van der Waals surface area contributed by atoms with Gasteiger partial charge in [-0.25, -0.2) is 0 Å². The van der Waals surface area contributed by atoms with Crippen LogP contribution in [0.1, 0.15) is 25.7 Å². The molecule has 23 heavy (non-hydrogen) atoms. The third-order valence-corrected chi connectivity index (χ3v) is 4.40. The molecular weight excluding hydrogens is 355 g/mol. The molecule has 0 atom stereocenters. The maximum atomic E-state index is 6.45. The molecule has 2 rings (SSSR count). The number of fused-ring (bicyclic) bond motifs is 1. The average Bonchev–Trinajstić information content (AvgIpc) is 2.57. The topological polar surface area (TPSA) is 18.5 Å². The zero-order valence-electron chi connectivity index (χ0n) is 13.0. The zero-order valence-corrected chi connectivity index (χ0v) is 15.3. The molecule has 5 heteroatoms. The molecule has 0 aliphatic carbocycles. The first kappa shape index (κ1) is 18.5. The molecule has 0 aliphatic rings. The predicted octanol–water partition coefficient (Wildman–Crippen LogP) is 6.29. The molecule has 2 aromatic carbocycles. The van der Waals surface area contributed by atoms with Gasteiger partial charge in [0.1, 0.15) is 11.5 Å². The first-order valence-corrected chi connectivity index (χ1v) is 9.30. The van der Waals surface area contributed by atoms with Gasteiger partial charge < -0.3 is 9.47 Å². The van der Waals surface area contributed by atoms with Crippen LogP contribution in [0, 0.1) is 0 Å². The van der Waals surface area contributed by atoms with Crippen molar-refractivity contribution >= 4 is 45.6 Å². The van der Waals surface area contributed by atoms with Crippen molar-refractivity contribution < 1.29 is 9.47 Å². The van der Waals surface area contributed by atoms with Gasteiger partial charge in [0.25, 0.3) is 0 Å². The van der Waals surface area contributed by atoms with Crippen LogP contribution < -0.4 is 9.47 Å². The largest absolute Gasteiger partial charge is 0.494 e. The van der Waals surface area contributed by atoms with E-state index in [9.17, 15) is 0 Å². The summed E-state index contributed by atoms with van der Waals surface area (Å²) in [6.45, 7) is 1.30. The minimum absolute atomic E-state index is 0.625. The predicted molar refractivity (Wildman–Crippen MR) is 99.9 cm³/mol. The van der Waals surface area contributed by atoms with E-state index in [-0.39, 0.29) is 0 Å². The molecule has 0 N–H and O–H groups in total. The van der Waals surface area contributed by atoms with Crippen LogP contribution in [0.3, 0.4) is 0 Å². The summed E-state index contributed by atoms with van der Waals surface area (Å²) in [6.07, 6.45) is 3.78. The number of unbranched alkanes of at least 4 members (excludes halogenated alkanes) is 2. The quantitative estimate of drug-likeness (QED) is 0.359. The van der Waals surface area contributed by atoms with Crippen molar-refractivity contribution in [3.8, 4) is 11.5 Å². The van der Waals surface area contributed by atoms with Gasteiger partial charge in [0, 0.05) is 17.1 Å². The van der Waals surface area contributed by atoms with E-state index in [1.807, 2.05) is 30.3 Å². The van der Waals surface area contributed by atoms with E-state index >= 15 is 0 Å². The molecule has 0 bridgehead atoms. The number of alkyl halides is 2. The minimum atomic E-state index is 0.625. The number of halogens is 3. The van der Waals surface area contributed by atoms with Crippen LogP contribution in [0.5, 0.6) is 11.5 Å². The van der Waals surface area contributed by atoms with E-state index < -0.39 is 0 Å². The van der Waals surface area contributed by atoms with Crippen LogP contribution in [0.2, 0.25) is 5.02 Å². The van der Waals surface area contributed by atoms with Gasteiger partial charge in [-0.05, 0) is 55.3 Å². The average molecular weight is 376 g/mol. The fraction of sp³-hybridized carbons (Fsp3) is 0.444. The van der Waals surface area contributed by atoms with Crippen molar-refractivity contribution in [3.63, 3.8) is 0 Å². The van der Waals surface area contributed by atoms with E-state index in [0.29, 0.717) is 35.7 Å².